The third-order valence-electron chi connectivity index (χ3n) is 4.62. The highest BCUT2D eigenvalue weighted by Gasteiger charge is 2.22. The van der Waals surface area contributed by atoms with E-state index < -0.39 is 4.92 Å². The predicted octanol–water partition coefficient (Wildman–Crippen LogP) is 4.65. The summed E-state index contributed by atoms with van der Waals surface area (Å²) in [6.07, 6.45) is -0.374. The number of nitrogens with one attached hydrogen (secondary N) is 1. The lowest BCUT2D eigenvalue weighted by Crippen LogP contribution is -2.16. The van der Waals surface area contributed by atoms with E-state index >= 15 is 0 Å². The fourth-order valence-electron chi connectivity index (χ4n) is 3.08. The van der Waals surface area contributed by atoms with E-state index in [1.54, 1.807) is 13.2 Å². The summed E-state index contributed by atoms with van der Waals surface area (Å²) in [5.41, 5.74) is 0.276. The summed E-state index contributed by atoms with van der Waals surface area (Å²) >= 11 is 1.23. The average molecular weight is 472 g/mol. The quantitative estimate of drug-likeness (QED) is 0.258. The van der Waals surface area contributed by atoms with E-state index in [-0.39, 0.29) is 29.5 Å². The zero-order valence-corrected chi connectivity index (χ0v) is 19.5. The van der Waals surface area contributed by atoms with E-state index in [0.717, 1.165) is 5.75 Å². The second-order valence-electron chi connectivity index (χ2n) is 7.38. The van der Waals surface area contributed by atoms with E-state index in [9.17, 15) is 14.9 Å². The molecule has 2 aromatic carbocycles. The summed E-state index contributed by atoms with van der Waals surface area (Å²) in [6.45, 7) is 5.89. The van der Waals surface area contributed by atoms with Gasteiger partial charge in [-0.3, -0.25) is 14.9 Å². The van der Waals surface area contributed by atoms with Crippen LogP contribution in [0, 0.1) is 10.1 Å². The molecule has 0 spiro atoms. The van der Waals surface area contributed by atoms with Crippen LogP contribution in [0.4, 0.5) is 11.4 Å². The molecule has 33 heavy (non-hydrogen) atoms. The Morgan fingerprint density at radius 3 is 2.48 bits per heavy atom. The van der Waals surface area contributed by atoms with Gasteiger partial charge in [0.25, 0.3) is 5.69 Å². The van der Waals surface area contributed by atoms with Gasteiger partial charge >= 0.3 is 0 Å². The lowest BCUT2D eigenvalue weighted by Gasteiger charge is -2.19. The van der Waals surface area contributed by atoms with Gasteiger partial charge < -0.3 is 19.4 Å². The van der Waals surface area contributed by atoms with Crippen molar-refractivity contribution < 1.29 is 19.2 Å². The number of aromatic nitrogens is 3. The number of carbonyl (C=O) groups excluding carboxylic acids is 1. The summed E-state index contributed by atoms with van der Waals surface area (Å²) < 4.78 is 13.1. The number of hydrogen-bond donors (Lipinski definition) is 1. The largest absolute Gasteiger partial charge is 0.497 e. The smallest absolute Gasteiger partial charge is 0.271 e. The molecule has 3 rings (SSSR count). The first-order valence-electron chi connectivity index (χ1n) is 10.2. The molecule has 10 nitrogen and oxygen atoms in total. The van der Waals surface area contributed by atoms with Crippen LogP contribution in [0.3, 0.4) is 0 Å². The zero-order chi connectivity index (χ0) is 24.0. The summed E-state index contributed by atoms with van der Waals surface area (Å²) in [5, 5.41) is 22.7. The van der Waals surface area contributed by atoms with Crippen LogP contribution in [0.1, 0.15) is 38.7 Å². The Balaban J connectivity index is 1.66. The number of nitro groups is 1. The Kier molecular flexibility index (Phi) is 7.88. The van der Waals surface area contributed by atoms with Crippen molar-refractivity contribution >= 4 is 29.0 Å². The Bertz CT molecular complexity index is 1120. The third kappa shape index (κ3) is 6.22. The van der Waals surface area contributed by atoms with E-state index in [1.165, 1.54) is 30.0 Å². The van der Waals surface area contributed by atoms with Crippen LogP contribution in [0.5, 0.6) is 11.5 Å². The Morgan fingerprint density at radius 2 is 1.85 bits per heavy atom. The molecule has 3 aromatic rings. The molecule has 1 heterocycles. The van der Waals surface area contributed by atoms with Crippen molar-refractivity contribution in [2.45, 2.75) is 38.1 Å². The molecule has 174 valence electrons. The minimum Gasteiger partial charge on any atom is -0.497 e. The first-order valence-corrected chi connectivity index (χ1v) is 11.2. The van der Waals surface area contributed by atoms with Crippen LogP contribution in [0.2, 0.25) is 0 Å². The summed E-state index contributed by atoms with van der Waals surface area (Å²) in [7, 11) is 1.60. The van der Waals surface area contributed by atoms with E-state index in [2.05, 4.69) is 15.5 Å². The maximum absolute atomic E-state index is 12.4. The van der Waals surface area contributed by atoms with Gasteiger partial charge in [0.05, 0.1) is 17.8 Å². The van der Waals surface area contributed by atoms with E-state index in [0.29, 0.717) is 22.4 Å². The molecule has 0 aliphatic heterocycles. The van der Waals surface area contributed by atoms with Crippen molar-refractivity contribution in [1.29, 1.82) is 0 Å². The maximum atomic E-state index is 12.4. The van der Waals surface area contributed by atoms with Gasteiger partial charge in [-0.1, -0.05) is 17.8 Å². The average Bonchev–Trinajstić information content (AvgIpc) is 3.23. The lowest BCUT2D eigenvalue weighted by molar-refractivity contribution is -0.384. The summed E-state index contributed by atoms with van der Waals surface area (Å²) in [6, 6.07) is 13.1. The highest BCUT2D eigenvalue weighted by Crippen LogP contribution is 2.28. The highest BCUT2D eigenvalue weighted by molar-refractivity contribution is 7.99. The normalized spacial score (nSPS) is 11.8. The molecule has 0 saturated heterocycles. The SMILES string of the molecule is COc1ccc(OC(C)c2nnc(SCC(=O)Nc3cccc([N+](=O)[O-])c3)n2C(C)C)cc1. The maximum Gasteiger partial charge on any atom is 0.271 e. The van der Waals surface area contributed by atoms with Crippen molar-refractivity contribution in [3.05, 3.63) is 64.5 Å². The molecule has 0 aliphatic carbocycles. The van der Waals surface area contributed by atoms with Crippen molar-refractivity contribution in [1.82, 2.24) is 14.8 Å². The van der Waals surface area contributed by atoms with E-state index in [1.807, 2.05) is 49.6 Å². The van der Waals surface area contributed by atoms with Crippen molar-refractivity contribution in [2.75, 3.05) is 18.2 Å². The number of carbonyl (C=O) groups is 1. The minimum atomic E-state index is -0.508. The number of methoxy groups -OCH3 is 1. The lowest BCUT2D eigenvalue weighted by atomic mass is 10.3. The van der Waals surface area contributed by atoms with E-state index in [4.69, 9.17) is 9.47 Å². The summed E-state index contributed by atoms with van der Waals surface area (Å²) in [5.74, 6) is 1.82. The second kappa shape index (κ2) is 10.8. The topological polar surface area (TPSA) is 121 Å². The van der Waals surface area contributed by atoms with Crippen LogP contribution < -0.4 is 14.8 Å². The van der Waals surface area contributed by atoms with Gasteiger partial charge in [-0.25, -0.2) is 0 Å². The van der Waals surface area contributed by atoms with Gasteiger partial charge in [0.15, 0.2) is 17.1 Å². The van der Waals surface area contributed by atoms with Gasteiger partial charge in [0, 0.05) is 23.9 Å². The molecule has 1 amide bonds. The van der Waals surface area contributed by atoms with Crippen LogP contribution in [-0.2, 0) is 4.79 Å². The molecule has 0 aliphatic rings. The number of thioether (sulfide) groups is 1. The number of anilines is 1. The molecule has 1 aromatic heterocycles. The number of nitro benzene ring substituents is 1. The Morgan fingerprint density at radius 1 is 1.15 bits per heavy atom. The monoisotopic (exact) mass is 471 g/mol. The van der Waals surface area contributed by atoms with Gasteiger partial charge in [0.1, 0.15) is 11.5 Å². The molecule has 0 saturated carbocycles. The van der Waals surface area contributed by atoms with Crippen molar-refractivity contribution in [3.8, 4) is 11.5 Å². The molecule has 1 unspecified atom stereocenters. The molecule has 0 fully saturated rings. The first-order chi connectivity index (χ1) is 15.8. The van der Waals surface area contributed by atoms with Crippen LogP contribution in [0.25, 0.3) is 0 Å². The molecule has 1 atom stereocenters. The van der Waals surface area contributed by atoms with Gasteiger partial charge in [-0.05, 0) is 51.1 Å². The van der Waals surface area contributed by atoms with Gasteiger partial charge in [-0.15, -0.1) is 10.2 Å². The fourth-order valence-corrected chi connectivity index (χ4v) is 3.96. The van der Waals surface area contributed by atoms with Crippen LogP contribution in [0.15, 0.2) is 53.7 Å². The first kappa shape index (κ1) is 24.1. The van der Waals surface area contributed by atoms with Crippen molar-refractivity contribution in [2.24, 2.45) is 0 Å². The number of hydrogen-bond acceptors (Lipinski definition) is 8. The second-order valence-corrected chi connectivity index (χ2v) is 8.33. The Labute approximate surface area is 195 Å². The highest BCUT2D eigenvalue weighted by atomic mass is 32.2. The summed E-state index contributed by atoms with van der Waals surface area (Å²) in [4.78, 5) is 22.8. The third-order valence-corrected chi connectivity index (χ3v) is 5.56. The number of nitrogens with zero attached hydrogens (tertiary/aromatic N) is 4. The molecular weight excluding hydrogens is 446 g/mol. The fraction of sp³-hybridized carbons (Fsp3) is 0.318. The number of rotatable bonds is 10. The van der Waals surface area contributed by atoms with Gasteiger partial charge in [-0.2, -0.15) is 0 Å². The number of non-ortho nitro benzene ring substituents is 1. The molecule has 0 bridgehead atoms. The molecule has 0 radical (unpaired) electrons. The van der Waals surface area contributed by atoms with Crippen molar-refractivity contribution in [3.63, 3.8) is 0 Å². The zero-order valence-electron chi connectivity index (χ0n) is 18.7. The predicted molar refractivity (Wildman–Crippen MR) is 125 cm³/mol. The van der Waals surface area contributed by atoms with Crippen LogP contribution in [-0.4, -0.2) is 38.5 Å². The number of benzene rings is 2. The molecule has 1 N–H and O–H groups in total. The number of amides is 1. The Hall–Kier alpha value is -3.60. The van der Waals surface area contributed by atoms with Crippen LogP contribution >= 0.6 is 11.8 Å². The minimum absolute atomic E-state index is 0.0410. The molecule has 11 heteroatoms. The molecular formula is C22H25N5O5S. The number of ether oxygens (including phenoxy) is 2. The van der Waals surface area contributed by atoms with Gasteiger partial charge in [0.2, 0.25) is 5.91 Å². The standard InChI is InChI=1S/C22H25N5O5S/c1-14(2)26-21(15(3)32-19-10-8-18(31-4)9-11-19)24-25-22(26)33-13-20(28)23-16-6-5-7-17(12-16)27(29)30/h5-12,14-15H,13H2,1-4H3,(H,23,28).